The van der Waals surface area contributed by atoms with E-state index < -0.39 is 0 Å². The van der Waals surface area contributed by atoms with Gasteiger partial charge in [-0.2, -0.15) is 0 Å². The predicted molar refractivity (Wildman–Crippen MR) is 76.2 cm³/mol. The number of aryl methyl sites for hydroxylation is 2. The average Bonchev–Trinajstić information content (AvgIpc) is 2.40. The summed E-state index contributed by atoms with van der Waals surface area (Å²) in [6.45, 7) is 4.61. The Balaban J connectivity index is 2.12. The molecule has 0 amide bonds. The molecule has 0 bridgehead atoms. The van der Waals surface area contributed by atoms with Crippen LogP contribution in [0, 0.1) is 19.7 Å². The largest absolute Gasteiger partial charge is 0.497 e. The molecule has 100 valence electrons. The van der Waals surface area contributed by atoms with Gasteiger partial charge in [0.1, 0.15) is 11.6 Å². The molecule has 0 radical (unpaired) electrons. The van der Waals surface area contributed by atoms with Crippen LogP contribution in [0.25, 0.3) is 0 Å². The fraction of sp³-hybridized carbons (Fsp3) is 0.250. The maximum atomic E-state index is 13.2. The fourth-order valence-electron chi connectivity index (χ4n) is 1.98. The van der Waals surface area contributed by atoms with Crippen molar-refractivity contribution in [2.75, 3.05) is 12.4 Å². The Hall–Kier alpha value is -2.03. The quantitative estimate of drug-likeness (QED) is 0.894. The maximum absolute atomic E-state index is 13.2. The van der Waals surface area contributed by atoms with Gasteiger partial charge < -0.3 is 10.1 Å². The normalized spacial score (nSPS) is 10.3. The summed E-state index contributed by atoms with van der Waals surface area (Å²) >= 11 is 0. The van der Waals surface area contributed by atoms with Crippen LogP contribution in [-0.2, 0) is 6.54 Å². The van der Waals surface area contributed by atoms with Gasteiger partial charge in [-0.05, 0) is 60.9 Å². The Kier molecular flexibility index (Phi) is 4.05. The number of anilines is 1. The molecule has 0 saturated heterocycles. The van der Waals surface area contributed by atoms with E-state index in [1.54, 1.807) is 19.2 Å². The summed E-state index contributed by atoms with van der Waals surface area (Å²) in [5.74, 6) is 0.638. The number of halogens is 1. The highest BCUT2D eigenvalue weighted by atomic mass is 19.1. The summed E-state index contributed by atoms with van der Waals surface area (Å²) in [7, 11) is 1.65. The van der Waals surface area contributed by atoms with Crippen LogP contribution in [-0.4, -0.2) is 7.11 Å². The maximum Gasteiger partial charge on any atom is 0.123 e. The van der Waals surface area contributed by atoms with Gasteiger partial charge in [0, 0.05) is 12.2 Å². The zero-order valence-corrected chi connectivity index (χ0v) is 11.5. The number of nitrogens with one attached hydrogen (secondary N) is 1. The molecule has 2 aromatic rings. The number of rotatable bonds is 4. The molecular weight excluding hydrogens is 241 g/mol. The van der Waals surface area contributed by atoms with E-state index in [9.17, 15) is 4.39 Å². The molecule has 0 unspecified atom stereocenters. The number of benzene rings is 2. The van der Waals surface area contributed by atoms with Crippen molar-refractivity contribution < 1.29 is 9.13 Å². The van der Waals surface area contributed by atoms with Crippen molar-refractivity contribution >= 4 is 5.69 Å². The minimum absolute atomic E-state index is 0.200. The molecule has 0 fully saturated rings. The van der Waals surface area contributed by atoms with E-state index in [0.29, 0.717) is 6.54 Å². The van der Waals surface area contributed by atoms with Crippen molar-refractivity contribution in [2.24, 2.45) is 0 Å². The second-order valence-corrected chi connectivity index (χ2v) is 4.61. The van der Waals surface area contributed by atoms with Crippen LogP contribution in [0.1, 0.15) is 16.7 Å². The van der Waals surface area contributed by atoms with E-state index in [4.69, 9.17) is 4.74 Å². The molecule has 0 aromatic heterocycles. The predicted octanol–water partition coefficient (Wildman–Crippen LogP) is 4.06. The first kappa shape index (κ1) is 13.4. The summed E-state index contributed by atoms with van der Waals surface area (Å²) in [4.78, 5) is 0. The van der Waals surface area contributed by atoms with Gasteiger partial charge in [-0.25, -0.2) is 4.39 Å². The van der Waals surface area contributed by atoms with Crippen LogP contribution in [0.5, 0.6) is 5.75 Å². The first-order chi connectivity index (χ1) is 9.10. The van der Waals surface area contributed by atoms with Gasteiger partial charge in [0.15, 0.2) is 0 Å². The van der Waals surface area contributed by atoms with Gasteiger partial charge in [0.25, 0.3) is 0 Å². The molecule has 0 aliphatic carbocycles. The SMILES string of the molecule is COc1ccc(NCc2cc(F)ccc2C)c(C)c1. The van der Waals surface area contributed by atoms with Crippen molar-refractivity contribution in [3.05, 3.63) is 58.9 Å². The summed E-state index contributed by atoms with van der Waals surface area (Å²) in [6, 6.07) is 10.7. The minimum Gasteiger partial charge on any atom is -0.497 e. The second-order valence-electron chi connectivity index (χ2n) is 4.61. The summed E-state index contributed by atoms with van der Waals surface area (Å²) in [5, 5.41) is 3.33. The standard InChI is InChI=1S/C16H18FNO/c1-11-4-5-14(17)9-13(11)10-18-16-7-6-15(19-3)8-12(16)2/h4-9,18H,10H2,1-3H3. The molecule has 0 spiro atoms. The summed E-state index contributed by atoms with van der Waals surface area (Å²) in [5.41, 5.74) is 4.19. The van der Waals surface area contributed by atoms with E-state index in [2.05, 4.69) is 5.32 Å². The van der Waals surface area contributed by atoms with E-state index in [-0.39, 0.29) is 5.82 Å². The summed E-state index contributed by atoms with van der Waals surface area (Å²) < 4.78 is 18.4. The molecule has 0 atom stereocenters. The molecule has 0 aliphatic rings. The van der Waals surface area contributed by atoms with E-state index >= 15 is 0 Å². The Labute approximate surface area is 113 Å². The van der Waals surface area contributed by atoms with E-state index in [1.807, 2.05) is 32.0 Å². The van der Waals surface area contributed by atoms with Gasteiger partial charge in [0.2, 0.25) is 0 Å². The van der Waals surface area contributed by atoms with Crippen molar-refractivity contribution in [1.29, 1.82) is 0 Å². The Bertz CT molecular complexity index is 581. The topological polar surface area (TPSA) is 21.3 Å². The van der Waals surface area contributed by atoms with Gasteiger partial charge in [-0.3, -0.25) is 0 Å². The lowest BCUT2D eigenvalue weighted by Gasteiger charge is -2.12. The first-order valence-corrected chi connectivity index (χ1v) is 6.23. The third kappa shape index (κ3) is 3.25. The van der Waals surface area contributed by atoms with Crippen molar-refractivity contribution in [1.82, 2.24) is 0 Å². The smallest absolute Gasteiger partial charge is 0.123 e. The molecule has 0 saturated carbocycles. The first-order valence-electron chi connectivity index (χ1n) is 6.23. The van der Waals surface area contributed by atoms with E-state index in [1.165, 1.54) is 6.07 Å². The molecule has 2 rings (SSSR count). The van der Waals surface area contributed by atoms with Crippen LogP contribution < -0.4 is 10.1 Å². The third-order valence-electron chi connectivity index (χ3n) is 3.21. The minimum atomic E-state index is -0.200. The third-order valence-corrected chi connectivity index (χ3v) is 3.21. The van der Waals surface area contributed by atoms with Crippen LogP contribution in [0.3, 0.4) is 0 Å². The molecule has 2 nitrogen and oxygen atoms in total. The second kappa shape index (κ2) is 5.74. The van der Waals surface area contributed by atoms with Gasteiger partial charge in [-0.1, -0.05) is 6.07 Å². The average molecular weight is 259 g/mol. The van der Waals surface area contributed by atoms with Gasteiger partial charge in [-0.15, -0.1) is 0 Å². The van der Waals surface area contributed by atoms with Gasteiger partial charge >= 0.3 is 0 Å². The molecule has 0 aliphatic heterocycles. The Morgan fingerprint density at radius 3 is 2.53 bits per heavy atom. The highest BCUT2D eigenvalue weighted by Gasteiger charge is 2.03. The van der Waals surface area contributed by atoms with Crippen LogP contribution in [0.2, 0.25) is 0 Å². The van der Waals surface area contributed by atoms with Crippen molar-refractivity contribution in [2.45, 2.75) is 20.4 Å². The lowest BCUT2D eigenvalue weighted by atomic mass is 10.1. The molecule has 19 heavy (non-hydrogen) atoms. The van der Waals surface area contributed by atoms with Crippen molar-refractivity contribution in [3.63, 3.8) is 0 Å². The summed E-state index contributed by atoms with van der Waals surface area (Å²) in [6.07, 6.45) is 0. The van der Waals surface area contributed by atoms with Gasteiger partial charge in [0.05, 0.1) is 7.11 Å². The highest BCUT2D eigenvalue weighted by molar-refractivity contribution is 5.54. The Morgan fingerprint density at radius 2 is 1.84 bits per heavy atom. The lowest BCUT2D eigenvalue weighted by Crippen LogP contribution is -2.03. The molecule has 3 heteroatoms. The zero-order chi connectivity index (χ0) is 13.8. The molecule has 2 aromatic carbocycles. The number of methoxy groups -OCH3 is 1. The number of hydrogen-bond acceptors (Lipinski definition) is 2. The van der Waals surface area contributed by atoms with Crippen molar-refractivity contribution in [3.8, 4) is 5.75 Å². The number of ether oxygens (including phenoxy) is 1. The fourth-order valence-corrected chi connectivity index (χ4v) is 1.98. The van der Waals surface area contributed by atoms with Crippen LogP contribution >= 0.6 is 0 Å². The highest BCUT2D eigenvalue weighted by Crippen LogP contribution is 2.22. The zero-order valence-electron chi connectivity index (χ0n) is 11.5. The molecule has 0 heterocycles. The molecule has 1 N–H and O–H groups in total. The van der Waals surface area contributed by atoms with E-state index in [0.717, 1.165) is 28.1 Å². The molecular formula is C16H18FNO. The number of hydrogen-bond donors (Lipinski definition) is 1. The lowest BCUT2D eigenvalue weighted by molar-refractivity contribution is 0.414. The van der Waals surface area contributed by atoms with Crippen LogP contribution in [0.4, 0.5) is 10.1 Å². The Morgan fingerprint density at radius 1 is 1.05 bits per heavy atom. The monoisotopic (exact) mass is 259 g/mol. The van der Waals surface area contributed by atoms with Crippen LogP contribution in [0.15, 0.2) is 36.4 Å².